The van der Waals surface area contributed by atoms with Crippen LogP contribution in [-0.4, -0.2) is 58.5 Å². The van der Waals surface area contributed by atoms with Gasteiger partial charge in [-0.05, 0) is 78.6 Å². The molecule has 3 aromatic rings. The lowest BCUT2D eigenvalue weighted by Crippen LogP contribution is -2.52. The molecule has 11 heteroatoms. The molecule has 1 atom stereocenters. The first-order valence-electron chi connectivity index (χ1n) is 13.6. The number of sulfonamides is 1. The molecule has 3 aromatic carbocycles. The number of anilines is 1. The van der Waals surface area contributed by atoms with Crippen LogP contribution in [0.1, 0.15) is 32.8 Å². The number of nitrogens with one attached hydrogen (secondary N) is 1. The zero-order valence-corrected chi connectivity index (χ0v) is 25.4. The highest BCUT2D eigenvalue weighted by atomic mass is 32.2. The Morgan fingerprint density at radius 3 is 2.14 bits per heavy atom. The van der Waals surface area contributed by atoms with Crippen LogP contribution >= 0.6 is 0 Å². The number of carbonyl (C=O) groups excluding carboxylic acids is 2. The fourth-order valence-electron chi connectivity index (χ4n) is 4.32. The van der Waals surface area contributed by atoms with Crippen molar-refractivity contribution in [3.8, 4) is 11.5 Å². The van der Waals surface area contributed by atoms with E-state index in [2.05, 4.69) is 5.32 Å². The van der Waals surface area contributed by atoms with Gasteiger partial charge < -0.3 is 19.7 Å². The van der Waals surface area contributed by atoms with E-state index < -0.39 is 34.3 Å². The van der Waals surface area contributed by atoms with Gasteiger partial charge in [0.25, 0.3) is 10.0 Å². The largest absolute Gasteiger partial charge is 0.497 e. The maximum Gasteiger partial charge on any atom is 0.264 e. The molecular formula is C31H38FN3O6S. The van der Waals surface area contributed by atoms with Crippen LogP contribution in [0, 0.1) is 11.7 Å². The molecule has 3 rings (SSSR count). The van der Waals surface area contributed by atoms with Gasteiger partial charge in [0.2, 0.25) is 11.8 Å². The maximum absolute atomic E-state index is 14.1. The molecular weight excluding hydrogens is 561 g/mol. The van der Waals surface area contributed by atoms with Gasteiger partial charge in [-0.1, -0.05) is 32.9 Å². The molecule has 42 heavy (non-hydrogen) atoms. The van der Waals surface area contributed by atoms with Crippen molar-refractivity contribution in [1.82, 2.24) is 10.2 Å². The first kappa shape index (κ1) is 32.4. The van der Waals surface area contributed by atoms with Crippen LogP contribution in [-0.2, 0) is 26.2 Å². The van der Waals surface area contributed by atoms with Crippen LogP contribution in [0.4, 0.5) is 10.1 Å². The average Bonchev–Trinajstić information content (AvgIpc) is 2.99. The maximum atomic E-state index is 14.1. The lowest BCUT2D eigenvalue weighted by molar-refractivity contribution is -0.140. The molecule has 0 aliphatic carbocycles. The summed E-state index contributed by atoms with van der Waals surface area (Å²) in [5.41, 5.74) is 0.795. The number of carbonyl (C=O) groups is 2. The molecule has 0 aliphatic rings. The average molecular weight is 600 g/mol. The number of hydrogen-bond donors (Lipinski definition) is 1. The number of halogens is 1. The van der Waals surface area contributed by atoms with E-state index in [0.717, 1.165) is 16.4 Å². The molecule has 0 saturated heterocycles. The highest BCUT2D eigenvalue weighted by Crippen LogP contribution is 2.26. The van der Waals surface area contributed by atoms with E-state index in [-0.39, 0.29) is 29.0 Å². The number of ether oxygens (including phenoxy) is 2. The van der Waals surface area contributed by atoms with Gasteiger partial charge in [0.15, 0.2) is 0 Å². The van der Waals surface area contributed by atoms with Crippen LogP contribution < -0.4 is 19.1 Å². The minimum atomic E-state index is -4.29. The van der Waals surface area contributed by atoms with Gasteiger partial charge in [-0.2, -0.15) is 0 Å². The second-order valence-corrected chi connectivity index (χ2v) is 12.0. The van der Waals surface area contributed by atoms with Crippen LogP contribution in [0.2, 0.25) is 0 Å². The molecule has 0 aromatic heterocycles. The Hall–Kier alpha value is -4.12. The Balaban J connectivity index is 2.05. The highest BCUT2D eigenvalue weighted by Gasteiger charge is 2.33. The van der Waals surface area contributed by atoms with Crippen molar-refractivity contribution in [2.45, 2.75) is 44.7 Å². The molecule has 0 radical (unpaired) electrons. The van der Waals surface area contributed by atoms with E-state index in [1.54, 1.807) is 31.2 Å². The molecule has 0 bridgehead atoms. The Bertz CT molecular complexity index is 1450. The van der Waals surface area contributed by atoms with Gasteiger partial charge in [-0.25, -0.2) is 12.8 Å². The summed E-state index contributed by atoms with van der Waals surface area (Å²) in [6.45, 7) is 5.54. The third-order valence-electron chi connectivity index (χ3n) is 6.60. The van der Waals surface area contributed by atoms with Gasteiger partial charge in [-0.3, -0.25) is 13.9 Å². The predicted molar refractivity (Wildman–Crippen MR) is 159 cm³/mol. The van der Waals surface area contributed by atoms with Crippen LogP contribution in [0.5, 0.6) is 11.5 Å². The summed E-state index contributed by atoms with van der Waals surface area (Å²) >= 11 is 0. The third-order valence-corrected chi connectivity index (χ3v) is 8.39. The van der Waals surface area contributed by atoms with Gasteiger partial charge in [0.1, 0.15) is 29.9 Å². The molecule has 1 N–H and O–H groups in total. The normalized spacial score (nSPS) is 12.0. The van der Waals surface area contributed by atoms with Crippen molar-refractivity contribution in [2.75, 3.05) is 31.6 Å². The second kappa shape index (κ2) is 14.7. The summed E-state index contributed by atoms with van der Waals surface area (Å²) < 4.78 is 53.0. The molecule has 0 spiro atoms. The molecule has 0 aliphatic heterocycles. The minimum Gasteiger partial charge on any atom is -0.497 e. The van der Waals surface area contributed by atoms with Gasteiger partial charge in [0, 0.05) is 13.1 Å². The van der Waals surface area contributed by atoms with E-state index in [9.17, 15) is 22.4 Å². The van der Waals surface area contributed by atoms with Crippen molar-refractivity contribution >= 4 is 27.5 Å². The molecule has 0 unspecified atom stereocenters. The molecule has 0 fully saturated rings. The predicted octanol–water partition coefficient (Wildman–Crippen LogP) is 4.62. The number of amides is 2. The summed E-state index contributed by atoms with van der Waals surface area (Å²) in [6.07, 6.45) is 0.293. The summed E-state index contributed by atoms with van der Waals surface area (Å²) in [4.78, 5) is 28.7. The third kappa shape index (κ3) is 8.22. The molecule has 2 amide bonds. The SMILES string of the molecule is CC[C@@H](C(=O)NCC(C)C)N(Cc1cccc(OC)c1)C(=O)CN(c1ccc(F)cc1)S(=O)(=O)c1ccc(OC)cc1. The minimum absolute atomic E-state index is 0.0312. The Kier molecular flexibility index (Phi) is 11.3. The summed E-state index contributed by atoms with van der Waals surface area (Å²) in [5.74, 6) is -0.273. The van der Waals surface area contributed by atoms with Gasteiger partial charge in [-0.15, -0.1) is 0 Å². The Labute approximate surface area is 247 Å². The summed E-state index contributed by atoms with van der Waals surface area (Å²) in [6, 6.07) is 16.8. The summed E-state index contributed by atoms with van der Waals surface area (Å²) in [5, 5.41) is 2.89. The Morgan fingerprint density at radius 2 is 1.57 bits per heavy atom. The highest BCUT2D eigenvalue weighted by molar-refractivity contribution is 7.92. The fourth-order valence-corrected chi connectivity index (χ4v) is 5.73. The van der Waals surface area contributed by atoms with E-state index in [1.165, 1.54) is 55.5 Å². The van der Waals surface area contributed by atoms with Crippen molar-refractivity contribution in [1.29, 1.82) is 0 Å². The van der Waals surface area contributed by atoms with Crippen molar-refractivity contribution in [3.05, 3.63) is 84.2 Å². The van der Waals surface area contributed by atoms with E-state index in [4.69, 9.17) is 9.47 Å². The quantitative estimate of drug-likeness (QED) is 0.290. The number of nitrogens with zero attached hydrogens (tertiary/aromatic N) is 2. The first-order valence-corrected chi connectivity index (χ1v) is 15.1. The van der Waals surface area contributed by atoms with E-state index in [0.29, 0.717) is 30.0 Å². The standard InChI is InChI=1S/C31H38FN3O6S/c1-6-29(31(37)33-19-22(2)3)34(20-23-8-7-9-27(18-23)41-5)30(36)21-35(25-12-10-24(32)11-13-25)42(38,39)28-16-14-26(40-4)15-17-28/h7-18,22,29H,6,19-21H2,1-5H3,(H,33,37)/t29-/m0/s1. The Morgan fingerprint density at radius 1 is 0.929 bits per heavy atom. The van der Waals surface area contributed by atoms with Crippen LogP contribution in [0.15, 0.2) is 77.7 Å². The fraction of sp³-hybridized carbons (Fsp3) is 0.355. The van der Waals surface area contributed by atoms with Gasteiger partial charge in [0.05, 0.1) is 24.8 Å². The smallest absolute Gasteiger partial charge is 0.264 e. The van der Waals surface area contributed by atoms with Crippen LogP contribution in [0.25, 0.3) is 0 Å². The number of benzene rings is 3. The van der Waals surface area contributed by atoms with Gasteiger partial charge >= 0.3 is 0 Å². The van der Waals surface area contributed by atoms with Crippen LogP contribution in [0.3, 0.4) is 0 Å². The zero-order chi connectivity index (χ0) is 30.9. The first-order chi connectivity index (χ1) is 20.0. The lowest BCUT2D eigenvalue weighted by Gasteiger charge is -2.33. The molecule has 9 nitrogen and oxygen atoms in total. The van der Waals surface area contributed by atoms with E-state index >= 15 is 0 Å². The zero-order valence-electron chi connectivity index (χ0n) is 24.5. The summed E-state index contributed by atoms with van der Waals surface area (Å²) in [7, 11) is -1.30. The van der Waals surface area contributed by atoms with Crippen molar-refractivity contribution in [3.63, 3.8) is 0 Å². The van der Waals surface area contributed by atoms with Crippen molar-refractivity contribution < 1.29 is 31.9 Å². The molecule has 226 valence electrons. The monoisotopic (exact) mass is 599 g/mol. The number of hydrogen-bond acceptors (Lipinski definition) is 6. The molecule has 0 saturated carbocycles. The van der Waals surface area contributed by atoms with E-state index in [1.807, 2.05) is 13.8 Å². The van der Waals surface area contributed by atoms with Crippen molar-refractivity contribution in [2.24, 2.45) is 5.92 Å². The number of methoxy groups -OCH3 is 2. The number of rotatable bonds is 14. The topological polar surface area (TPSA) is 105 Å². The second-order valence-electron chi connectivity index (χ2n) is 10.1. The lowest BCUT2D eigenvalue weighted by atomic mass is 10.1. The molecule has 0 heterocycles.